The van der Waals surface area contributed by atoms with Gasteiger partial charge in [-0.1, -0.05) is 0 Å². The maximum atomic E-state index is 11.3. The monoisotopic (exact) mass is 229 g/mol. The molecule has 0 aliphatic carbocycles. The Bertz CT molecular complexity index is 202. The van der Waals surface area contributed by atoms with Crippen LogP contribution in [0.1, 0.15) is 33.1 Å². The number of piperidine rings is 1. The summed E-state index contributed by atoms with van der Waals surface area (Å²) in [5.41, 5.74) is 0. The van der Waals surface area contributed by atoms with E-state index in [0.717, 1.165) is 19.5 Å². The van der Waals surface area contributed by atoms with Gasteiger partial charge in [-0.05, 0) is 52.1 Å². The molecule has 16 heavy (non-hydrogen) atoms. The Morgan fingerprint density at radius 2 is 2.38 bits per heavy atom. The van der Waals surface area contributed by atoms with E-state index in [1.807, 2.05) is 0 Å². The van der Waals surface area contributed by atoms with Gasteiger partial charge in [-0.15, -0.1) is 0 Å². The summed E-state index contributed by atoms with van der Waals surface area (Å²) in [6.45, 7) is 6.83. The van der Waals surface area contributed by atoms with Crippen molar-refractivity contribution in [1.82, 2.24) is 5.32 Å². The summed E-state index contributed by atoms with van der Waals surface area (Å²) in [7, 11) is 0. The lowest BCUT2D eigenvalue weighted by molar-refractivity contribution is -0.155. The Hall–Kier alpha value is -0.610. The van der Waals surface area contributed by atoms with Crippen LogP contribution in [0.4, 0.5) is 0 Å². The molecule has 1 aliphatic heterocycles. The highest BCUT2D eigenvalue weighted by Gasteiger charge is 2.16. The van der Waals surface area contributed by atoms with Crippen LogP contribution in [0.3, 0.4) is 0 Å². The van der Waals surface area contributed by atoms with Crippen molar-refractivity contribution in [2.45, 2.75) is 39.2 Å². The first-order chi connectivity index (χ1) is 7.74. The molecule has 1 N–H and O–H groups in total. The third kappa shape index (κ3) is 4.94. The number of nitrogens with one attached hydrogen (secondary N) is 1. The van der Waals surface area contributed by atoms with E-state index in [0.29, 0.717) is 19.1 Å². The van der Waals surface area contributed by atoms with E-state index in [4.69, 9.17) is 9.47 Å². The van der Waals surface area contributed by atoms with Crippen LogP contribution in [-0.4, -0.2) is 38.4 Å². The maximum absolute atomic E-state index is 11.3. The van der Waals surface area contributed by atoms with E-state index in [2.05, 4.69) is 5.32 Å². The van der Waals surface area contributed by atoms with Crippen LogP contribution in [0.5, 0.6) is 0 Å². The van der Waals surface area contributed by atoms with Gasteiger partial charge in [0, 0.05) is 6.61 Å². The molecule has 2 atom stereocenters. The second-order valence-electron chi connectivity index (χ2n) is 4.27. The number of carbonyl (C=O) groups is 1. The Morgan fingerprint density at radius 3 is 3.00 bits per heavy atom. The quantitative estimate of drug-likeness (QED) is 0.698. The van der Waals surface area contributed by atoms with Gasteiger partial charge >= 0.3 is 5.97 Å². The van der Waals surface area contributed by atoms with E-state index >= 15 is 0 Å². The molecule has 1 heterocycles. The molecule has 0 saturated carbocycles. The predicted octanol–water partition coefficient (Wildman–Crippen LogP) is 1.34. The van der Waals surface area contributed by atoms with Crippen LogP contribution in [0.2, 0.25) is 0 Å². The molecule has 2 unspecified atom stereocenters. The van der Waals surface area contributed by atoms with Gasteiger partial charge in [0.2, 0.25) is 0 Å². The van der Waals surface area contributed by atoms with Crippen molar-refractivity contribution in [3.63, 3.8) is 0 Å². The molecule has 0 amide bonds. The zero-order valence-corrected chi connectivity index (χ0v) is 10.3. The zero-order valence-electron chi connectivity index (χ0n) is 10.3. The van der Waals surface area contributed by atoms with Crippen LogP contribution < -0.4 is 5.32 Å². The number of hydrogen-bond donors (Lipinski definition) is 1. The fourth-order valence-corrected chi connectivity index (χ4v) is 1.91. The van der Waals surface area contributed by atoms with Crippen LogP contribution >= 0.6 is 0 Å². The van der Waals surface area contributed by atoms with E-state index in [1.165, 1.54) is 12.8 Å². The molecule has 0 aromatic rings. The predicted molar refractivity (Wildman–Crippen MR) is 62.3 cm³/mol. The molecular formula is C12H23NO3. The average molecular weight is 229 g/mol. The number of esters is 1. The molecule has 4 heteroatoms. The standard InChI is InChI=1S/C12H23NO3/c1-3-15-12(14)10(2)16-8-6-11-5-4-7-13-9-11/h10-11,13H,3-9H2,1-2H3. The summed E-state index contributed by atoms with van der Waals surface area (Å²) in [4.78, 5) is 11.3. The van der Waals surface area contributed by atoms with Gasteiger partial charge in [-0.3, -0.25) is 0 Å². The molecule has 1 fully saturated rings. The summed E-state index contributed by atoms with van der Waals surface area (Å²) < 4.78 is 10.3. The smallest absolute Gasteiger partial charge is 0.334 e. The topological polar surface area (TPSA) is 47.6 Å². The molecule has 0 radical (unpaired) electrons. The molecule has 0 bridgehead atoms. The summed E-state index contributed by atoms with van der Waals surface area (Å²) in [6, 6.07) is 0. The largest absolute Gasteiger partial charge is 0.464 e. The van der Waals surface area contributed by atoms with E-state index in [-0.39, 0.29) is 5.97 Å². The van der Waals surface area contributed by atoms with E-state index in [9.17, 15) is 4.79 Å². The summed E-state index contributed by atoms with van der Waals surface area (Å²) in [6.07, 6.45) is 3.11. The van der Waals surface area contributed by atoms with Crippen molar-refractivity contribution >= 4 is 5.97 Å². The molecular weight excluding hydrogens is 206 g/mol. The SMILES string of the molecule is CCOC(=O)C(C)OCCC1CCCNC1. The fraction of sp³-hybridized carbons (Fsp3) is 0.917. The maximum Gasteiger partial charge on any atom is 0.334 e. The molecule has 4 nitrogen and oxygen atoms in total. The molecule has 94 valence electrons. The Kier molecular flexibility index (Phi) is 6.42. The summed E-state index contributed by atoms with van der Waals surface area (Å²) in [5, 5.41) is 3.37. The summed E-state index contributed by atoms with van der Waals surface area (Å²) >= 11 is 0. The van der Waals surface area contributed by atoms with E-state index < -0.39 is 6.10 Å². The van der Waals surface area contributed by atoms with Gasteiger partial charge < -0.3 is 14.8 Å². The summed E-state index contributed by atoms with van der Waals surface area (Å²) in [5.74, 6) is 0.437. The minimum atomic E-state index is -0.434. The minimum Gasteiger partial charge on any atom is -0.464 e. The van der Waals surface area contributed by atoms with Crippen molar-refractivity contribution in [2.24, 2.45) is 5.92 Å². The van der Waals surface area contributed by atoms with Gasteiger partial charge in [0.15, 0.2) is 6.10 Å². The van der Waals surface area contributed by atoms with Crippen molar-refractivity contribution in [1.29, 1.82) is 0 Å². The van der Waals surface area contributed by atoms with Gasteiger partial charge in [0.25, 0.3) is 0 Å². The molecule has 1 saturated heterocycles. The molecule has 0 spiro atoms. The van der Waals surface area contributed by atoms with Crippen molar-refractivity contribution < 1.29 is 14.3 Å². The highest BCUT2D eigenvalue weighted by Crippen LogP contribution is 2.14. The van der Waals surface area contributed by atoms with E-state index in [1.54, 1.807) is 13.8 Å². The van der Waals surface area contributed by atoms with Crippen LogP contribution in [-0.2, 0) is 14.3 Å². The number of carbonyl (C=O) groups excluding carboxylic acids is 1. The Labute approximate surface area is 97.7 Å². The molecule has 1 aliphatic rings. The third-order valence-corrected chi connectivity index (χ3v) is 2.91. The number of ether oxygens (including phenoxy) is 2. The molecule has 0 aromatic heterocycles. The molecule has 0 aromatic carbocycles. The first-order valence-electron chi connectivity index (χ1n) is 6.23. The fourth-order valence-electron chi connectivity index (χ4n) is 1.91. The molecule has 1 rings (SSSR count). The first kappa shape index (κ1) is 13.5. The zero-order chi connectivity index (χ0) is 11.8. The lowest BCUT2D eigenvalue weighted by Crippen LogP contribution is -2.31. The van der Waals surface area contributed by atoms with Crippen LogP contribution in [0.15, 0.2) is 0 Å². The average Bonchev–Trinajstić information content (AvgIpc) is 2.30. The minimum absolute atomic E-state index is 0.260. The van der Waals surface area contributed by atoms with Gasteiger partial charge in [0.05, 0.1) is 6.61 Å². The van der Waals surface area contributed by atoms with Crippen molar-refractivity contribution in [2.75, 3.05) is 26.3 Å². The normalized spacial score (nSPS) is 22.8. The second kappa shape index (κ2) is 7.63. The van der Waals surface area contributed by atoms with Gasteiger partial charge in [0.1, 0.15) is 0 Å². The van der Waals surface area contributed by atoms with Crippen LogP contribution in [0.25, 0.3) is 0 Å². The lowest BCUT2D eigenvalue weighted by atomic mass is 9.97. The third-order valence-electron chi connectivity index (χ3n) is 2.91. The van der Waals surface area contributed by atoms with Gasteiger partial charge in [-0.2, -0.15) is 0 Å². The lowest BCUT2D eigenvalue weighted by Gasteiger charge is -2.23. The Balaban J connectivity index is 2.07. The highest BCUT2D eigenvalue weighted by atomic mass is 16.6. The van der Waals surface area contributed by atoms with Crippen molar-refractivity contribution in [3.05, 3.63) is 0 Å². The van der Waals surface area contributed by atoms with Crippen LogP contribution in [0, 0.1) is 5.92 Å². The number of hydrogen-bond acceptors (Lipinski definition) is 4. The van der Waals surface area contributed by atoms with Gasteiger partial charge in [-0.25, -0.2) is 4.79 Å². The van der Waals surface area contributed by atoms with Crippen molar-refractivity contribution in [3.8, 4) is 0 Å². The number of rotatable bonds is 6. The highest BCUT2D eigenvalue weighted by molar-refractivity contribution is 5.74. The second-order valence-corrected chi connectivity index (χ2v) is 4.27. The Morgan fingerprint density at radius 1 is 1.56 bits per heavy atom. The first-order valence-corrected chi connectivity index (χ1v) is 6.23.